The molecule has 1 aromatic heterocycles. The summed E-state index contributed by atoms with van der Waals surface area (Å²) in [6.07, 6.45) is -1.45. The molecule has 36 heavy (non-hydrogen) atoms. The molecule has 0 aliphatic heterocycles. The van der Waals surface area contributed by atoms with Gasteiger partial charge in [-0.05, 0) is 48.6 Å². The molecule has 3 aromatic rings. The minimum absolute atomic E-state index is 0.0135. The van der Waals surface area contributed by atoms with Gasteiger partial charge in [-0.2, -0.15) is 0 Å². The number of hydrogen-bond acceptors (Lipinski definition) is 5. The van der Waals surface area contributed by atoms with Crippen LogP contribution in [0.5, 0.6) is 5.75 Å². The number of fused-ring (bicyclic) bond motifs is 1. The summed E-state index contributed by atoms with van der Waals surface area (Å²) in [5, 5.41) is 10.2. The fourth-order valence-corrected chi connectivity index (χ4v) is 4.70. The van der Waals surface area contributed by atoms with Gasteiger partial charge in [-0.1, -0.05) is 31.0 Å². The SMILES string of the molecule is NC(=O)c1ccc(Cn2cc(C(=O)C[C@H]3CCCC[C@@H]3O)c(=O)c3cccc(OC(F)(F)F)c32)cc1. The number of nitrogens with two attached hydrogens (primary N) is 1. The summed E-state index contributed by atoms with van der Waals surface area (Å²) in [5.74, 6) is -1.97. The van der Waals surface area contributed by atoms with Crippen LogP contribution in [0.2, 0.25) is 0 Å². The van der Waals surface area contributed by atoms with Gasteiger partial charge in [0.05, 0.1) is 22.6 Å². The Morgan fingerprint density at radius 2 is 1.78 bits per heavy atom. The molecule has 0 bridgehead atoms. The molecule has 0 spiro atoms. The van der Waals surface area contributed by atoms with Crippen molar-refractivity contribution < 1.29 is 32.6 Å². The van der Waals surface area contributed by atoms with E-state index in [9.17, 15) is 32.7 Å². The molecule has 1 saturated carbocycles. The van der Waals surface area contributed by atoms with Crippen molar-refractivity contribution in [3.63, 3.8) is 0 Å². The van der Waals surface area contributed by atoms with Gasteiger partial charge in [0, 0.05) is 24.7 Å². The third kappa shape index (κ3) is 5.59. The van der Waals surface area contributed by atoms with E-state index in [4.69, 9.17) is 5.73 Å². The number of aromatic nitrogens is 1. The molecule has 4 rings (SSSR count). The van der Waals surface area contributed by atoms with Crippen LogP contribution in [0.25, 0.3) is 10.9 Å². The highest BCUT2D eigenvalue weighted by Gasteiger charge is 2.33. The van der Waals surface area contributed by atoms with Crippen LogP contribution in [0.15, 0.2) is 53.5 Å². The fraction of sp³-hybridized carbons (Fsp3) is 0.346. The third-order valence-corrected chi connectivity index (χ3v) is 6.49. The van der Waals surface area contributed by atoms with Gasteiger partial charge in [-0.25, -0.2) is 0 Å². The number of rotatable bonds is 7. The van der Waals surface area contributed by atoms with Crippen LogP contribution in [-0.2, 0) is 6.54 Å². The summed E-state index contributed by atoms with van der Waals surface area (Å²) in [4.78, 5) is 37.8. The number of aliphatic hydroxyl groups excluding tert-OH is 1. The molecule has 3 N–H and O–H groups in total. The zero-order valence-electron chi connectivity index (χ0n) is 19.3. The van der Waals surface area contributed by atoms with Crippen LogP contribution in [0.1, 0.15) is 58.4 Å². The van der Waals surface area contributed by atoms with Gasteiger partial charge in [0.2, 0.25) is 5.91 Å². The van der Waals surface area contributed by atoms with E-state index in [1.807, 2.05) is 0 Å². The van der Waals surface area contributed by atoms with Crippen molar-refractivity contribution in [1.29, 1.82) is 0 Å². The third-order valence-electron chi connectivity index (χ3n) is 6.49. The zero-order valence-corrected chi connectivity index (χ0v) is 19.3. The monoisotopic (exact) mass is 502 g/mol. The molecule has 7 nitrogen and oxygen atoms in total. The first-order valence-electron chi connectivity index (χ1n) is 11.6. The maximum atomic E-state index is 13.3. The highest BCUT2D eigenvalue weighted by Crippen LogP contribution is 2.32. The zero-order chi connectivity index (χ0) is 26.0. The van der Waals surface area contributed by atoms with Crippen LogP contribution in [0, 0.1) is 5.92 Å². The molecule has 190 valence electrons. The van der Waals surface area contributed by atoms with Gasteiger partial charge in [0.15, 0.2) is 17.0 Å². The number of nitrogens with zero attached hydrogens (tertiary/aromatic N) is 1. The van der Waals surface area contributed by atoms with Crippen LogP contribution in [0.4, 0.5) is 13.2 Å². The van der Waals surface area contributed by atoms with Gasteiger partial charge in [0.1, 0.15) is 0 Å². The number of alkyl halides is 3. The molecule has 0 radical (unpaired) electrons. The minimum atomic E-state index is -5.00. The number of Topliss-reactive ketones (excluding diaryl/α,β-unsaturated/α-hetero) is 1. The molecule has 10 heteroatoms. The number of ether oxygens (including phenoxy) is 1. The van der Waals surface area contributed by atoms with Crippen molar-refractivity contribution in [2.24, 2.45) is 11.7 Å². The number of primary amides is 1. The van der Waals surface area contributed by atoms with Gasteiger partial charge < -0.3 is 20.1 Å². The van der Waals surface area contributed by atoms with Gasteiger partial charge in [0.25, 0.3) is 0 Å². The molecule has 2 atom stereocenters. The van der Waals surface area contributed by atoms with E-state index in [2.05, 4.69) is 4.74 Å². The largest absolute Gasteiger partial charge is 0.573 e. The predicted octanol–water partition coefficient (Wildman–Crippen LogP) is 4.17. The summed E-state index contributed by atoms with van der Waals surface area (Å²) in [7, 11) is 0. The van der Waals surface area contributed by atoms with Gasteiger partial charge in [-0.3, -0.25) is 14.4 Å². The van der Waals surface area contributed by atoms with E-state index in [1.54, 1.807) is 12.1 Å². The molecule has 1 aliphatic carbocycles. The predicted molar refractivity (Wildman–Crippen MR) is 126 cm³/mol. The number of halogens is 3. The minimum Gasteiger partial charge on any atom is -0.404 e. The first kappa shape index (κ1) is 25.4. The molecule has 2 aromatic carbocycles. The fourth-order valence-electron chi connectivity index (χ4n) is 4.70. The van der Waals surface area contributed by atoms with Gasteiger partial charge >= 0.3 is 6.36 Å². The molecular formula is C26H25F3N2O5. The summed E-state index contributed by atoms with van der Waals surface area (Å²) < 4.78 is 44.9. The average molecular weight is 502 g/mol. The highest BCUT2D eigenvalue weighted by atomic mass is 19.4. The summed E-state index contributed by atoms with van der Waals surface area (Å²) in [6.45, 7) is -0.0135. The first-order chi connectivity index (χ1) is 17.0. The lowest BCUT2D eigenvalue weighted by Gasteiger charge is -2.27. The van der Waals surface area contributed by atoms with Crippen LogP contribution >= 0.6 is 0 Å². The highest BCUT2D eigenvalue weighted by molar-refractivity contribution is 5.99. The Bertz CT molecular complexity index is 1350. The Labute approximate surface area is 204 Å². The van der Waals surface area contributed by atoms with Crippen molar-refractivity contribution in [1.82, 2.24) is 4.57 Å². The number of carbonyl (C=O) groups excluding carboxylic acids is 2. The molecule has 1 aliphatic rings. The number of pyridine rings is 1. The Balaban J connectivity index is 1.81. The normalized spacial score (nSPS) is 18.2. The first-order valence-corrected chi connectivity index (χ1v) is 11.6. The van der Waals surface area contributed by atoms with E-state index in [1.165, 1.54) is 35.0 Å². The molecular weight excluding hydrogens is 477 g/mol. The Morgan fingerprint density at radius 3 is 2.42 bits per heavy atom. The molecule has 1 amide bonds. The molecule has 1 fully saturated rings. The van der Waals surface area contributed by atoms with Crippen LogP contribution in [-0.4, -0.2) is 33.8 Å². The molecule has 1 heterocycles. The van der Waals surface area contributed by atoms with E-state index in [0.717, 1.165) is 18.9 Å². The van der Waals surface area contributed by atoms with Crippen molar-refractivity contribution in [2.45, 2.75) is 51.1 Å². The average Bonchev–Trinajstić information content (AvgIpc) is 2.81. The van der Waals surface area contributed by atoms with E-state index < -0.39 is 35.3 Å². The quantitative estimate of drug-likeness (QED) is 0.471. The van der Waals surface area contributed by atoms with Crippen LogP contribution < -0.4 is 15.9 Å². The second-order valence-electron chi connectivity index (χ2n) is 9.00. The van der Waals surface area contributed by atoms with Crippen molar-refractivity contribution in [2.75, 3.05) is 0 Å². The topological polar surface area (TPSA) is 112 Å². The summed E-state index contributed by atoms with van der Waals surface area (Å²) >= 11 is 0. The number of benzene rings is 2. The Morgan fingerprint density at radius 1 is 1.08 bits per heavy atom. The number of ketones is 1. The smallest absolute Gasteiger partial charge is 0.404 e. The van der Waals surface area contributed by atoms with E-state index >= 15 is 0 Å². The lowest BCUT2D eigenvalue weighted by Crippen LogP contribution is -2.29. The number of amides is 1. The number of aliphatic hydroxyl groups is 1. The van der Waals surface area contributed by atoms with Crippen molar-refractivity contribution in [3.05, 3.63) is 75.6 Å². The lowest BCUT2D eigenvalue weighted by molar-refractivity contribution is -0.274. The summed E-state index contributed by atoms with van der Waals surface area (Å²) in [6, 6.07) is 9.82. The maximum Gasteiger partial charge on any atom is 0.573 e. The van der Waals surface area contributed by atoms with Crippen LogP contribution in [0.3, 0.4) is 0 Å². The molecule has 0 saturated heterocycles. The lowest BCUT2D eigenvalue weighted by atomic mass is 9.82. The number of carbonyl (C=O) groups is 2. The second kappa shape index (κ2) is 10.1. The second-order valence-corrected chi connectivity index (χ2v) is 9.00. The summed E-state index contributed by atoms with van der Waals surface area (Å²) in [5.41, 5.74) is 5.13. The Hall–Kier alpha value is -3.66. The van der Waals surface area contributed by atoms with E-state index in [-0.39, 0.29) is 40.9 Å². The van der Waals surface area contributed by atoms with Crippen molar-refractivity contribution >= 4 is 22.6 Å². The standard InChI is InChI=1S/C26H25F3N2O5/c27-26(28,29)36-22-7-3-5-18-23(22)31(13-15-8-10-16(11-9-15)25(30)35)14-19(24(18)34)21(33)12-17-4-1-2-6-20(17)32/h3,5,7-11,14,17,20,32H,1-2,4,6,12-13H2,(H2,30,35)/t17-,20+/m1/s1. The molecule has 0 unspecified atom stereocenters. The maximum absolute atomic E-state index is 13.3. The van der Waals surface area contributed by atoms with Crippen molar-refractivity contribution in [3.8, 4) is 5.75 Å². The van der Waals surface area contributed by atoms with Gasteiger partial charge in [-0.15, -0.1) is 13.2 Å². The van der Waals surface area contributed by atoms with E-state index in [0.29, 0.717) is 18.4 Å². The Kier molecular flexibility index (Phi) is 7.16. The number of para-hydroxylation sites is 1. The number of hydrogen-bond donors (Lipinski definition) is 2.